The second-order valence-corrected chi connectivity index (χ2v) is 3.14. The number of hydrogen-bond acceptors (Lipinski definition) is 1. The molecule has 1 nitrogen and oxygen atoms in total. The highest BCUT2D eigenvalue weighted by Gasteiger charge is 2.13. The Bertz CT molecular complexity index is 75.1. The Hall–Kier alpha value is -0.0400. The molecule has 0 N–H and O–H groups in total. The summed E-state index contributed by atoms with van der Waals surface area (Å²) in [5, 5.41) is 0. The van der Waals surface area contributed by atoms with E-state index in [4.69, 9.17) is 4.74 Å². The van der Waals surface area contributed by atoms with Gasteiger partial charge in [0.15, 0.2) is 0 Å². The summed E-state index contributed by atoms with van der Waals surface area (Å²) in [5.74, 6) is 0.992. The highest BCUT2D eigenvalue weighted by atomic mass is 16.5. The van der Waals surface area contributed by atoms with Crippen LogP contribution >= 0.6 is 0 Å². The summed E-state index contributed by atoms with van der Waals surface area (Å²) in [4.78, 5) is 0. The molecule has 0 unspecified atom stereocenters. The fourth-order valence-corrected chi connectivity index (χ4v) is 1.69. The zero-order valence-electron chi connectivity index (χ0n) is 8.94. The molecular formula is C11H24O. The molecule has 0 atom stereocenters. The van der Waals surface area contributed by atoms with Gasteiger partial charge >= 0.3 is 0 Å². The smallest absolute Gasteiger partial charge is 0.0468 e. The lowest BCUT2D eigenvalue weighted by Gasteiger charge is -2.07. The van der Waals surface area contributed by atoms with Crippen LogP contribution < -0.4 is 0 Å². The summed E-state index contributed by atoms with van der Waals surface area (Å²) < 4.78 is 5.30. The first-order chi connectivity index (χ1) is 5.93. The number of rotatable bonds is 4. The highest BCUT2D eigenvalue weighted by Crippen LogP contribution is 2.27. The van der Waals surface area contributed by atoms with Crippen molar-refractivity contribution in [3.05, 3.63) is 0 Å². The molecule has 0 aromatic heterocycles. The first-order valence-corrected chi connectivity index (χ1v) is 5.51. The van der Waals surface area contributed by atoms with E-state index in [1.807, 2.05) is 13.8 Å². The third kappa shape index (κ3) is 5.59. The average Bonchev–Trinajstić information content (AvgIpc) is 2.61. The fraction of sp³-hybridized carbons (Fsp3) is 1.00. The average molecular weight is 172 g/mol. The van der Waals surface area contributed by atoms with E-state index in [0.717, 1.165) is 19.1 Å². The third-order valence-corrected chi connectivity index (χ3v) is 2.35. The lowest BCUT2D eigenvalue weighted by Crippen LogP contribution is -2.00. The van der Waals surface area contributed by atoms with Gasteiger partial charge in [0.05, 0.1) is 0 Å². The van der Waals surface area contributed by atoms with Gasteiger partial charge in [-0.15, -0.1) is 0 Å². The van der Waals surface area contributed by atoms with E-state index < -0.39 is 0 Å². The van der Waals surface area contributed by atoms with Crippen molar-refractivity contribution in [2.24, 2.45) is 5.92 Å². The van der Waals surface area contributed by atoms with Crippen LogP contribution in [0.1, 0.15) is 52.9 Å². The van der Waals surface area contributed by atoms with Crippen LogP contribution in [0.15, 0.2) is 0 Å². The molecule has 0 heterocycles. The van der Waals surface area contributed by atoms with Crippen molar-refractivity contribution in [3.63, 3.8) is 0 Å². The highest BCUT2D eigenvalue weighted by molar-refractivity contribution is 4.66. The van der Waals surface area contributed by atoms with Gasteiger partial charge in [-0.05, 0) is 19.3 Å². The van der Waals surface area contributed by atoms with E-state index in [2.05, 4.69) is 6.92 Å². The predicted octanol–water partition coefficient (Wildman–Crippen LogP) is 3.63. The number of hydrogen-bond donors (Lipinski definition) is 0. The van der Waals surface area contributed by atoms with Gasteiger partial charge < -0.3 is 4.74 Å². The largest absolute Gasteiger partial charge is 0.382 e. The van der Waals surface area contributed by atoms with Gasteiger partial charge in [0.1, 0.15) is 0 Å². The summed E-state index contributed by atoms with van der Waals surface area (Å²) in [6.45, 7) is 7.93. The summed E-state index contributed by atoms with van der Waals surface area (Å²) in [5.41, 5.74) is 0. The van der Waals surface area contributed by atoms with E-state index in [1.165, 1.54) is 32.1 Å². The minimum atomic E-state index is 0.882. The summed E-state index contributed by atoms with van der Waals surface area (Å²) in [6, 6.07) is 0. The van der Waals surface area contributed by atoms with Crippen LogP contribution in [0.25, 0.3) is 0 Å². The summed E-state index contributed by atoms with van der Waals surface area (Å²) in [7, 11) is 0. The second kappa shape index (κ2) is 9.05. The summed E-state index contributed by atoms with van der Waals surface area (Å²) in [6.07, 6.45) is 7.11. The Morgan fingerprint density at radius 2 is 1.75 bits per heavy atom. The quantitative estimate of drug-likeness (QED) is 0.588. The Balaban J connectivity index is 0.000000561. The molecule has 0 bridgehead atoms. The Labute approximate surface area is 77.5 Å². The maximum Gasteiger partial charge on any atom is 0.0468 e. The van der Waals surface area contributed by atoms with Crippen molar-refractivity contribution >= 4 is 0 Å². The van der Waals surface area contributed by atoms with Crippen molar-refractivity contribution in [2.75, 3.05) is 13.2 Å². The molecule has 0 saturated heterocycles. The summed E-state index contributed by atoms with van der Waals surface area (Å²) >= 11 is 0. The van der Waals surface area contributed by atoms with Crippen LogP contribution in [0.5, 0.6) is 0 Å². The molecule has 1 rings (SSSR count). The molecule has 74 valence electrons. The third-order valence-electron chi connectivity index (χ3n) is 2.35. The zero-order valence-corrected chi connectivity index (χ0v) is 8.94. The molecule has 0 aromatic carbocycles. The van der Waals surface area contributed by atoms with E-state index in [-0.39, 0.29) is 0 Å². The van der Waals surface area contributed by atoms with Crippen LogP contribution in [0.3, 0.4) is 0 Å². The van der Waals surface area contributed by atoms with Gasteiger partial charge in [0.25, 0.3) is 0 Å². The van der Waals surface area contributed by atoms with Crippen molar-refractivity contribution in [1.29, 1.82) is 0 Å². The van der Waals surface area contributed by atoms with Crippen LogP contribution in [-0.2, 0) is 4.74 Å². The second-order valence-electron chi connectivity index (χ2n) is 3.14. The van der Waals surface area contributed by atoms with Gasteiger partial charge in [-0.25, -0.2) is 0 Å². The lowest BCUT2D eigenvalue weighted by atomic mass is 10.1. The molecule has 1 saturated carbocycles. The van der Waals surface area contributed by atoms with Gasteiger partial charge in [-0.3, -0.25) is 0 Å². The predicted molar refractivity (Wildman–Crippen MR) is 54.4 cm³/mol. The van der Waals surface area contributed by atoms with Crippen LogP contribution in [0.4, 0.5) is 0 Å². The standard InChI is InChI=1S/C9H18O.C2H6/c1-2-10-8-7-9-5-3-4-6-9;1-2/h9H,2-8H2,1H3;1-2H3. The molecular weight excluding hydrogens is 148 g/mol. The topological polar surface area (TPSA) is 9.23 Å². The molecule has 0 spiro atoms. The molecule has 1 aliphatic rings. The van der Waals surface area contributed by atoms with Gasteiger partial charge in [-0.2, -0.15) is 0 Å². The SMILES string of the molecule is CC.CCOCCC1CCCC1. The van der Waals surface area contributed by atoms with Crippen molar-refractivity contribution < 1.29 is 4.74 Å². The molecule has 0 amide bonds. The van der Waals surface area contributed by atoms with Gasteiger partial charge in [0.2, 0.25) is 0 Å². The first kappa shape index (κ1) is 12.0. The van der Waals surface area contributed by atoms with Gasteiger partial charge in [-0.1, -0.05) is 39.5 Å². The van der Waals surface area contributed by atoms with E-state index >= 15 is 0 Å². The minimum Gasteiger partial charge on any atom is -0.382 e. The maximum absolute atomic E-state index is 5.30. The monoisotopic (exact) mass is 172 g/mol. The van der Waals surface area contributed by atoms with Crippen molar-refractivity contribution in [1.82, 2.24) is 0 Å². The van der Waals surface area contributed by atoms with E-state index in [0.29, 0.717) is 0 Å². The normalized spacial score (nSPS) is 17.2. The molecule has 1 aliphatic carbocycles. The zero-order chi connectivity index (χ0) is 9.23. The molecule has 1 fully saturated rings. The molecule has 0 radical (unpaired) electrons. The molecule has 0 aliphatic heterocycles. The fourth-order valence-electron chi connectivity index (χ4n) is 1.69. The molecule has 1 heteroatoms. The maximum atomic E-state index is 5.30. The van der Waals surface area contributed by atoms with Crippen LogP contribution in [-0.4, -0.2) is 13.2 Å². The molecule has 12 heavy (non-hydrogen) atoms. The Morgan fingerprint density at radius 1 is 1.17 bits per heavy atom. The van der Waals surface area contributed by atoms with Crippen molar-refractivity contribution in [2.45, 2.75) is 52.9 Å². The van der Waals surface area contributed by atoms with E-state index in [1.54, 1.807) is 0 Å². The van der Waals surface area contributed by atoms with Gasteiger partial charge in [0, 0.05) is 13.2 Å². The Morgan fingerprint density at radius 3 is 2.25 bits per heavy atom. The number of ether oxygens (including phenoxy) is 1. The van der Waals surface area contributed by atoms with Crippen LogP contribution in [0, 0.1) is 5.92 Å². The molecule has 0 aromatic rings. The Kier molecular flexibility index (Phi) is 9.02. The minimum absolute atomic E-state index is 0.882. The van der Waals surface area contributed by atoms with Crippen LogP contribution in [0.2, 0.25) is 0 Å². The first-order valence-electron chi connectivity index (χ1n) is 5.51. The lowest BCUT2D eigenvalue weighted by molar-refractivity contribution is 0.132. The van der Waals surface area contributed by atoms with E-state index in [9.17, 15) is 0 Å². The van der Waals surface area contributed by atoms with Crippen molar-refractivity contribution in [3.8, 4) is 0 Å².